The zero-order chi connectivity index (χ0) is 10.6. The molecule has 1 fully saturated rings. The number of hydrogen-bond acceptors (Lipinski definition) is 3. The van der Waals surface area contributed by atoms with Gasteiger partial charge in [0.1, 0.15) is 6.54 Å². The molecule has 1 aliphatic rings. The fourth-order valence-corrected chi connectivity index (χ4v) is 1.31. The Morgan fingerprint density at radius 3 is 2.86 bits per heavy atom. The predicted octanol–water partition coefficient (Wildman–Crippen LogP) is -1.29. The second kappa shape index (κ2) is 4.59. The van der Waals surface area contributed by atoms with Gasteiger partial charge in [0.15, 0.2) is 0 Å². The highest BCUT2D eigenvalue weighted by molar-refractivity contribution is 5.88. The number of aliphatic carboxylic acids is 1. The molecule has 14 heavy (non-hydrogen) atoms. The summed E-state index contributed by atoms with van der Waals surface area (Å²) in [6, 6.07) is 0. The first kappa shape index (κ1) is 10.5. The Morgan fingerprint density at radius 2 is 2.29 bits per heavy atom. The Hall–Kier alpha value is -1.59. The third-order valence-electron chi connectivity index (χ3n) is 2.03. The Labute approximate surface area is 80.7 Å². The van der Waals surface area contributed by atoms with E-state index in [9.17, 15) is 14.4 Å². The minimum Gasteiger partial charge on any atom is -0.480 e. The SMILES string of the molecule is O=C(O)CNC(=O)C1CCNC(=O)C1. The van der Waals surface area contributed by atoms with Crippen molar-refractivity contribution in [1.29, 1.82) is 0 Å². The lowest BCUT2D eigenvalue weighted by atomic mass is 9.97. The molecule has 0 spiro atoms. The molecule has 0 bridgehead atoms. The van der Waals surface area contributed by atoms with E-state index < -0.39 is 12.5 Å². The van der Waals surface area contributed by atoms with Crippen molar-refractivity contribution in [2.24, 2.45) is 5.92 Å². The summed E-state index contributed by atoms with van der Waals surface area (Å²) in [7, 11) is 0. The number of carbonyl (C=O) groups is 3. The van der Waals surface area contributed by atoms with Crippen LogP contribution in [0, 0.1) is 5.92 Å². The molecule has 2 amide bonds. The van der Waals surface area contributed by atoms with Crippen molar-refractivity contribution in [1.82, 2.24) is 10.6 Å². The Morgan fingerprint density at radius 1 is 1.57 bits per heavy atom. The summed E-state index contributed by atoms with van der Waals surface area (Å²) in [5.74, 6) is -1.99. The number of carboxylic acid groups (broad SMARTS) is 1. The maximum Gasteiger partial charge on any atom is 0.322 e. The summed E-state index contributed by atoms with van der Waals surface area (Å²) >= 11 is 0. The minimum absolute atomic E-state index is 0.144. The first-order chi connectivity index (χ1) is 6.59. The number of carbonyl (C=O) groups excluding carboxylic acids is 2. The number of amides is 2. The lowest BCUT2D eigenvalue weighted by Gasteiger charge is -2.20. The van der Waals surface area contributed by atoms with Crippen molar-refractivity contribution in [2.75, 3.05) is 13.1 Å². The van der Waals surface area contributed by atoms with Gasteiger partial charge in [-0.15, -0.1) is 0 Å². The normalized spacial score (nSPS) is 21.1. The second-order valence-electron chi connectivity index (χ2n) is 3.15. The summed E-state index contributed by atoms with van der Waals surface area (Å²) in [5, 5.41) is 13.2. The Bertz CT molecular complexity index is 264. The molecule has 78 valence electrons. The van der Waals surface area contributed by atoms with E-state index in [1.165, 1.54) is 0 Å². The standard InChI is InChI=1S/C8H12N2O4/c11-6-3-5(1-2-9-6)8(14)10-4-7(12)13/h5H,1-4H2,(H,9,11)(H,10,14)(H,12,13). The fraction of sp³-hybridized carbons (Fsp3) is 0.625. The van der Waals surface area contributed by atoms with E-state index in [0.717, 1.165) is 0 Å². The second-order valence-corrected chi connectivity index (χ2v) is 3.15. The number of hydrogen-bond donors (Lipinski definition) is 3. The van der Waals surface area contributed by atoms with Crippen LogP contribution in [0.25, 0.3) is 0 Å². The van der Waals surface area contributed by atoms with Crippen LogP contribution in [0.3, 0.4) is 0 Å². The van der Waals surface area contributed by atoms with Crippen molar-refractivity contribution in [3.8, 4) is 0 Å². The first-order valence-electron chi connectivity index (χ1n) is 4.36. The summed E-state index contributed by atoms with van der Waals surface area (Å²) < 4.78 is 0. The van der Waals surface area contributed by atoms with Crippen LogP contribution in [0.5, 0.6) is 0 Å². The van der Waals surface area contributed by atoms with Gasteiger partial charge in [0.25, 0.3) is 0 Å². The monoisotopic (exact) mass is 200 g/mol. The molecule has 0 aromatic rings. The molecule has 6 heteroatoms. The van der Waals surface area contributed by atoms with Crippen LogP contribution in [0.4, 0.5) is 0 Å². The molecule has 0 aliphatic carbocycles. The third kappa shape index (κ3) is 3.04. The van der Waals surface area contributed by atoms with Crippen LogP contribution in [0.15, 0.2) is 0 Å². The van der Waals surface area contributed by atoms with Crippen molar-refractivity contribution < 1.29 is 19.5 Å². The van der Waals surface area contributed by atoms with Crippen LogP contribution >= 0.6 is 0 Å². The van der Waals surface area contributed by atoms with Crippen LogP contribution < -0.4 is 10.6 Å². The summed E-state index contributed by atoms with van der Waals surface area (Å²) in [4.78, 5) is 32.4. The molecule has 1 rings (SSSR count). The van der Waals surface area contributed by atoms with Crippen molar-refractivity contribution in [3.05, 3.63) is 0 Å². The molecule has 1 saturated heterocycles. The topological polar surface area (TPSA) is 95.5 Å². The van der Waals surface area contributed by atoms with Crippen molar-refractivity contribution >= 4 is 17.8 Å². The molecule has 0 aromatic carbocycles. The highest BCUT2D eigenvalue weighted by atomic mass is 16.4. The van der Waals surface area contributed by atoms with Gasteiger partial charge in [-0.05, 0) is 6.42 Å². The maximum absolute atomic E-state index is 11.3. The highest BCUT2D eigenvalue weighted by Gasteiger charge is 2.25. The first-order valence-corrected chi connectivity index (χ1v) is 4.36. The maximum atomic E-state index is 11.3. The van der Waals surface area contributed by atoms with Crippen LogP contribution in [-0.4, -0.2) is 36.0 Å². The average Bonchev–Trinajstić information content (AvgIpc) is 2.14. The fourth-order valence-electron chi connectivity index (χ4n) is 1.31. The van der Waals surface area contributed by atoms with Gasteiger partial charge in [-0.1, -0.05) is 0 Å². The molecular formula is C8H12N2O4. The van der Waals surface area contributed by atoms with E-state index in [1.54, 1.807) is 0 Å². The van der Waals surface area contributed by atoms with E-state index in [4.69, 9.17) is 5.11 Å². The zero-order valence-electron chi connectivity index (χ0n) is 7.58. The van der Waals surface area contributed by atoms with Crippen LogP contribution in [-0.2, 0) is 14.4 Å². The van der Waals surface area contributed by atoms with E-state index in [2.05, 4.69) is 10.6 Å². The molecule has 1 atom stereocenters. The van der Waals surface area contributed by atoms with Gasteiger partial charge in [0.05, 0.1) is 0 Å². The number of nitrogens with one attached hydrogen (secondary N) is 2. The molecule has 3 N–H and O–H groups in total. The highest BCUT2D eigenvalue weighted by Crippen LogP contribution is 2.11. The quantitative estimate of drug-likeness (QED) is 0.528. The van der Waals surface area contributed by atoms with E-state index in [-0.39, 0.29) is 24.2 Å². The van der Waals surface area contributed by atoms with Gasteiger partial charge < -0.3 is 15.7 Å². The van der Waals surface area contributed by atoms with Gasteiger partial charge in [-0.25, -0.2) is 0 Å². The Kier molecular flexibility index (Phi) is 3.44. The summed E-state index contributed by atoms with van der Waals surface area (Å²) in [6.07, 6.45) is 0.711. The van der Waals surface area contributed by atoms with Gasteiger partial charge in [0.2, 0.25) is 11.8 Å². The lowest BCUT2D eigenvalue weighted by molar-refractivity contribution is -0.139. The molecule has 0 radical (unpaired) electrons. The third-order valence-corrected chi connectivity index (χ3v) is 2.03. The molecule has 1 unspecified atom stereocenters. The molecule has 1 heterocycles. The summed E-state index contributed by atoms with van der Waals surface area (Å²) in [6.45, 7) is 0.0843. The molecular weight excluding hydrogens is 188 g/mol. The molecule has 6 nitrogen and oxygen atoms in total. The number of piperidine rings is 1. The van der Waals surface area contributed by atoms with Crippen molar-refractivity contribution in [3.63, 3.8) is 0 Å². The van der Waals surface area contributed by atoms with Gasteiger partial charge >= 0.3 is 5.97 Å². The minimum atomic E-state index is -1.08. The molecule has 1 aliphatic heterocycles. The number of rotatable bonds is 3. The van der Waals surface area contributed by atoms with Gasteiger partial charge in [-0.2, -0.15) is 0 Å². The average molecular weight is 200 g/mol. The smallest absolute Gasteiger partial charge is 0.322 e. The molecule has 0 saturated carbocycles. The lowest BCUT2D eigenvalue weighted by Crippen LogP contribution is -2.42. The van der Waals surface area contributed by atoms with E-state index in [0.29, 0.717) is 13.0 Å². The predicted molar refractivity (Wildman–Crippen MR) is 46.4 cm³/mol. The van der Waals surface area contributed by atoms with Crippen LogP contribution in [0.1, 0.15) is 12.8 Å². The van der Waals surface area contributed by atoms with Gasteiger partial charge in [0, 0.05) is 18.9 Å². The van der Waals surface area contributed by atoms with Crippen LogP contribution in [0.2, 0.25) is 0 Å². The summed E-state index contributed by atoms with van der Waals surface area (Å²) in [5.41, 5.74) is 0. The Balaban J connectivity index is 2.36. The van der Waals surface area contributed by atoms with E-state index >= 15 is 0 Å². The number of carboxylic acids is 1. The largest absolute Gasteiger partial charge is 0.480 e. The molecule has 0 aromatic heterocycles. The van der Waals surface area contributed by atoms with Crippen molar-refractivity contribution in [2.45, 2.75) is 12.8 Å². The van der Waals surface area contributed by atoms with Gasteiger partial charge in [-0.3, -0.25) is 14.4 Å². The zero-order valence-corrected chi connectivity index (χ0v) is 7.58. The van der Waals surface area contributed by atoms with E-state index in [1.807, 2.05) is 0 Å².